The van der Waals surface area contributed by atoms with Gasteiger partial charge in [0.15, 0.2) is 18.1 Å². The molecule has 7 heteroatoms. The Bertz CT molecular complexity index is 738. The summed E-state index contributed by atoms with van der Waals surface area (Å²) in [4.78, 5) is 12.0. The minimum absolute atomic E-state index is 0.106. The maximum Gasteiger partial charge on any atom is 0.262 e. The summed E-state index contributed by atoms with van der Waals surface area (Å²) in [5, 5.41) is 3.10. The topological polar surface area (TPSA) is 56.8 Å². The average molecular weight is 446 g/mol. The van der Waals surface area contributed by atoms with Gasteiger partial charge in [0.25, 0.3) is 5.91 Å². The van der Waals surface area contributed by atoms with Gasteiger partial charge in [-0.1, -0.05) is 17.7 Å². The number of rotatable bonds is 4. The number of benzene rings is 2. The average Bonchev–Trinajstić information content (AvgIpc) is 2.54. The van der Waals surface area contributed by atoms with E-state index in [1.54, 1.807) is 18.2 Å². The van der Waals surface area contributed by atoms with Gasteiger partial charge in [0, 0.05) is 15.7 Å². The van der Waals surface area contributed by atoms with Gasteiger partial charge in [-0.3, -0.25) is 4.79 Å². The van der Waals surface area contributed by atoms with E-state index in [-0.39, 0.29) is 12.5 Å². The van der Waals surface area contributed by atoms with Gasteiger partial charge in [-0.2, -0.15) is 0 Å². The Morgan fingerprint density at radius 2 is 1.96 bits per heavy atom. The van der Waals surface area contributed by atoms with Crippen LogP contribution in [0.15, 0.2) is 36.4 Å². The lowest BCUT2D eigenvalue weighted by Crippen LogP contribution is -2.21. The summed E-state index contributed by atoms with van der Waals surface area (Å²) in [6.07, 6.45) is 0. The van der Waals surface area contributed by atoms with Crippen LogP contribution >= 0.6 is 34.2 Å². The molecule has 0 saturated carbocycles. The fourth-order valence-electron chi connectivity index (χ4n) is 2.05. The second-order valence-corrected chi connectivity index (χ2v) is 6.42. The Morgan fingerprint density at radius 3 is 2.70 bits per heavy atom. The number of nitrogens with one attached hydrogen (secondary N) is 1. The molecule has 0 aliphatic carbocycles. The lowest BCUT2D eigenvalue weighted by Gasteiger charge is -2.20. The third-order valence-electron chi connectivity index (χ3n) is 3.07. The predicted molar refractivity (Wildman–Crippen MR) is 95.7 cm³/mol. The van der Waals surface area contributed by atoms with Crippen molar-refractivity contribution in [2.24, 2.45) is 0 Å². The molecule has 0 fully saturated rings. The summed E-state index contributed by atoms with van der Waals surface area (Å²) in [5.41, 5.74) is 0.465. The first kappa shape index (κ1) is 16.2. The van der Waals surface area contributed by atoms with E-state index >= 15 is 0 Å². The Labute approximate surface area is 152 Å². The maximum absolute atomic E-state index is 12.0. The number of fused-ring (bicyclic) bond motifs is 1. The first-order valence-electron chi connectivity index (χ1n) is 6.89. The molecule has 23 heavy (non-hydrogen) atoms. The van der Waals surface area contributed by atoms with E-state index in [1.807, 2.05) is 18.2 Å². The number of halogens is 2. The van der Waals surface area contributed by atoms with Crippen molar-refractivity contribution in [1.82, 2.24) is 0 Å². The van der Waals surface area contributed by atoms with Crippen LogP contribution in [0.25, 0.3) is 0 Å². The number of hydrogen-bond donors (Lipinski definition) is 1. The van der Waals surface area contributed by atoms with Gasteiger partial charge in [-0.05, 0) is 40.8 Å². The van der Waals surface area contributed by atoms with Gasteiger partial charge in [0.1, 0.15) is 19.0 Å². The summed E-state index contributed by atoms with van der Waals surface area (Å²) in [5.74, 6) is 1.48. The minimum Gasteiger partial charge on any atom is -0.486 e. The SMILES string of the molecule is O=C(COc1cccc(I)c1)Nc1cc2c(cc1Cl)OCCO2. The zero-order chi connectivity index (χ0) is 16.2. The van der Waals surface area contributed by atoms with Crippen LogP contribution in [0.3, 0.4) is 0 Å². The van der Waals surface area contributed by atoms with E-state index in [0.29, 0.717) is 41.2 Å². The molecule has 1 aliphatic heterocycles. The van der Waals surface area contributed by atoms with Crippen LogP contribution in [0.2, 0.25) is 5.02 Å². The molecule has 2 aromatic rings. The third kappa shape index (κ3) is 4.20. The van der Waals surface area contributed by atoms with Crippen LogP contribution in [-0.2, 0) is 4.79 Å². The van der Waals surface area contributed by atoms with Crippen molar-refractivity contribution >= 4 is 45.8 Å². The van der Waals surface area contributed by atoms with Gasteiger partial charge in [0.05, 0.1) is 10.7 Å². The van der Waals surface area contributed by atoms with Gasteiger partial charge in [0.2, 0.25) is 0 Å². The van der Waals surface area contributed by atoms with Crippen molar-refractivity contribution < 1.29 is 19.0 Å². The molecule has 0 unspecified atom stereocenters. The highest BCUT2D eigenvalue weighted by Crippen LogP contribution is 2.37. The Balaban J connectivity index is 1.63. The molecular formula is C16H13ClINO4. The minimum atomic E-state index is -0.303. The van der Waals surface area contributed by atoms with Crippen molar-refractivity contribution in [3.8, 4) is 17.2 Å². The zero-order valence-electron chi connectivity index (χ0n) is 12.0. The fourth-order valence-corrected chi connectivity index (χ4v) is 2.77. The first-order valence-corrected chi connectivity index (χ1v) is 8.35. The molecule has 5 nitrogen and oxygen atoms in total. The van der Waals surface area contributed by atoms with Crippen molar-refractivity contribution in [2.45, 2.75) is 0 Å². The van der Waals surface area contributed by atoms with Crippen LogP contribution in [-0.4, -0.2) is 25.7 Å². The summed E-state index contributed by atoms with van der Waals surface area (Å²) >= 11 is 8.33. The van der Waals surface area contributed by atoms with E-state index in [9.17, 15) is 4.79 Å². The Hall–Kier alpha value is -1.67. The van der Waals surface area contributed by atoms with Gasteiger partial charge < -0.3 is 19.5 Å². The molecule has 0 bridgehead atoms. The highest BCUT2D eigenvalue weighted by atomic mass is 127. The molecule has 0 aromatic heterocycles. The van der Waals surface area contributed by atoms with Crippen LogP contribution < -0.4 is 19.5 Å². The molecule has 0 spiro atoms. The van der Waals surface area contributed by atoms with E-state index in [0.717, 1.165) is 3.57 Å². The molecule has 0 atom stereocenters. The maximum atomic E-state index is 12.0. The third-order valence-corrected chi connectivity index (χ3v) is 4.06. The van der Waals surface area contributed by atoms with Gasteiger partial charge in [-0.15, -0.1) is 0 Å². The Kier molecular flexibility index (Phi) is 5.12. The second-order valence-electron chi connectivity index (χ2n) is 4.77. The predicted octanol–water partition coefficient (Wildman–Crippen LogP) is 3.73. The number of carbonyl (C=O) groups is 1. The van der Waals surface area contributed by atoms with Crippen LogP contribution in [0.5, 0.6) is 17.2 Å². The first-order chi connectivity index (χ1) is 11.1. The van der Waals surface area contributed by atoms with Crippen molar-refractivity contribution in [2.75, 3.05) is 25.1 Å². The van der Waals surface area contributed by atoms with Crippen LogP contribution in [0.1, 0.15) is 0 Å². The zero-order valence-corrected chi connectivity index (χ0v) is 14.9. The van der Waals surface area contributed by atoms with E-state index in [4.69, 9.17) is 25.8 Å². The monoisotopic (exact) mass is 445 g/mol. The molecule has 2 aromatic carbocycles. The summed E-state index contributed by atoms with van der Waals surface area (Å²) < 4.78 is 17.4. The smallest absolute Gasteiger partial charge is 0.262 e. The molecule has 1 N–H and O–H groups in total. The lowest BCUT2D eigenvalue weighted by molar-refractivity contribution is -0.118. The summed E-state index contributed by atoms with van der Waals surface area (Å²) in [6, 6.07) is 10.7. The molecular weight excluding hydrogens is 433 g/mol. The van der Waals surface area contributed by atoms with E-state index < -0.39 is 0 Å². The normalized spacial score (nSPS) is 12.6. The standard InChI is InChI=1S/C16H13ClINO4/c17-12-7-14-15(22-5-4-21-14)8-13(12)19-16(20)9-23-11-3-1-2-10(18)6-11/h1-3,6-8H,4-5,9H2,(H,19,20). The molecule has 3 rings (SSSR count). The molecule has 0 saturated heterocycles. The van der Waals surface area contributed by atoms with Crippen molar-refractivity contribution in [3.63, 3.8) is 0 Å². The number of hydrogen-bond acceptors (Lipinski definition) is 4. The van der Waals surface area contributed by atoms with Crippen molar-refractivity contribution in [1.29, 1.82) is 0 Å². The number of carbonyl (C=O) groups excluding carboxylic acids is 1. The Morgan fingerprint density at radius 1 is 1.22 bits per heavy atom. The highest BCUT2D eigenvalue weighted by molar-refractivity contribution is 14.1. The summed E-state index contributed by atoms with van der Waals surface area (Å²) in [6.45, 7) is 0.849. The van der Waals surface area contributed by atoms with Crippen LogP contribution in [0, 0.1) is 3.57 Å². The molecule has 1 heterocycles. The number of ether oxygens (including phenoxy) is 3. The number of anilines is 1. The summed E-state index contributed by atoms with van der Waals surface area (Å²) in [7, 11) is 0. The molecule has 120 valence electrons. The lowest BCUT2D eigenvalue weighted by atomic mass is 10.2. The fraction of sp³-hybridized carbons (Fsp3) is 0.188. The molecule has 1 amide bonds. The number of amides is 1. The van der Waals surface area contributed by atoms with E-state index in [1.165, 1.54) is 0 Å². The van der Waals surface area contributed by atoms with Crippen molar-refractivity contribution in [3.05, 3.63) is 45.0 Å². The van der Waals surface area contributed by atoms with Gasteiger partial charge >= 0.3 is 0 Å². The second kappa shape index (κ2) is 7.27. The largest absolute Gasteiger partial charge is 0.486 e. The molecule has 1 aliphatic rings. The molecule has 0 radical (unpaired) electrons. The van der Waals surface area contributed by atoms with E-state index in [2.05, 4.69) is 27.9 Å². The van der Waals surface area contributed by atoms with Crippen LogP contribution in [0.4, 0.5) is 5.69 Å². The highest BCUT2D eigenvalue weighted by Gasteiger charge is 2.16. The quantitative estimate of drug-likeness (QED) is 0.729. The van der Waals surface area contributed by atoms with Gasteiger partial charge in [-0.25, -0.2) is 0 Å².